The highest BCUT2D eigenvalue weighted by Crippen LogP contribution is 2.28. The Morgan fingerprint density at radius 2 is 1.94 bits per heavy atom. The van der Waals surface area contributed by atoms with E-state index in [0.717, 1.165) is 15.8 Å². The Morgan fingerprint density at radius 1 is 1.17 bits per heavy atom. The van der Waals surface area contributed by atoms with Crippen LogP contribution in [0.25, 0.3) is 0 Å². The molecule has 2 nitrogen and oxygen atoms in total. The van der Waals surface area contributed by atoms with Gasteiger partial charge >= 0.3 is 0 Å². The number of aryl methyl sites for hydroxylation is 1. The molecule has 0 bridgehead atoms. The summed E-state index contributed by atoms with van der Waals surface area (Å²) < 4.78 is 6.77. The minimum Gasteiger partial charge on any atom is -0.439 e. The van der Waals surface area contributed by atoms with Crippen molar-refractivity contribution < 1.29 is 4.74 Å². The highest BCUT2D eigenvalue weighted by molar-refractivity contribution is 9.10. The lowest BCUT2D eigenvalue weighted by atomic mass is 10.0. The van der Waals surface area contributed by atoms with Crippen LogP contribution < -0.4 is 4.74 Å². The van der Waals surface area contributed by atoms with E-state index < -0.39 is 0 Å². The van der Waals surface area contributed by atoms with Crippen molar-refractivity contribution in [1.29, 1.82) is 0 Å². The SMILES string of the molecule is Cc1ccc(C(C)C)cc1Oc1ccc(Br)cn1. The number of hydrogen-bond acceptors (Lipinski definition) is 2. The number of ether oxygens (including phenoxy) is 1. The van der Waals surface area contributed by atoms with Crippen LogP contribution in [-0.4, -0.2) is 4.98 Å². The third-order valence-electron chi connectivity index (χ3n) is 2.79. The minimum atomic E-state index is 0.492. The summed E-state index contributed by atoms with van der Waals surface area (Å²) in [5.74, 6) is 1.98. The Kier molecular flexibility index (Phi) is 4.02. The zero-order valence-corrected chi connectivity index (χ0v) is 12.4. The molecule has 0 spiro atoms. The molecule has 0 aliphatic heterocycles. The van der Waals surface area contributed by atoms with E-state index in [0.29, 0.717) is 11.8 Å². The van der Waals surface area contributed by atoms with E-state index in [9.17, 15) is 0 Å². The van der Waals surface area contributed by atoms with E-state index in [1.54, 1.807) is 6.20 Å². The van der Waals surface area contributed by atoms with Gasteiger partial charge in [0, 0.05) is 16.7 Å². The van der Waals surface area contributed by atoms with Crippen LogP contribution in [0.5, 0.6) is 11.6 Å². The van der Waals surface area contributed by atoms with Crippen molar-refractivity contribution >= 4 is 15.9 Å². The molecular formula is C15H16BrNO. The molecule has 1 aromatic heterocycles. The lowest BCUT2D eigenvalue weighted by Gasteiger charge is -2.11. The van der Waals surface area contributed by atoms with Crippen molar-refractivity contribution in [1.82, 2.24) is 4.98 Å². The number of aromatic nitrogens is 1. The number of benzene rings is 1. The van der Waals surface area contributed by atoms with Gasteiger partial charge in [0.2, 0.25) is 5.88 Å². The minimum absolute atomic E-state index is 0.492. The first-order chi connectivity index (χ1) is 8.56. The van der Waals surface area contributed by atoms with E-state index in [1.165, 1.54) is 5.56 Å². The van der Waals surface area contributed by atoms with Gasteiger partial charge in [-0.2, -0.15) is 0 Å². The summed E-state index contributed by atoms with van der Waals surface area (Å²) in [5.41, 5.74) is 2.39. The number of nitrogens with zero attached hydrogens (tertiary/aromatic N) is 1. The van der Waals surface area contributed by atoms with Gasteiger partial charge in [-0.15, -0.1) is 0 Å². The number of hydrogen-bond donors (Lipinski definition) is 0. The van der Waals surface area contributed by atoms with Crippen molar-refractivity contribution in [2.75, 3.05) is 0 Å². The van der Waals surface area contributed by atoms with Crippen molar-refractivity contribution in [3.8, 4) is 11.6 Å². The number of halogens is 1. The van der Waals surface area contributed by atoms with Crippen LogP contribution in [0.2, 0.25) is 0 Å². The van der Waals surface area contributed by atoms with Crippen molar-refractivity contribution in [2.45, 2.75) is 26.7 Å². The van der Waals surface area contributed by atoms with Gasteiger partial charge in [-0.25, -0.2) is 4.98 Å². The second-order valence-corrected chi connectivity index (χ2v) is 5.51. The molecule has 0 radical (unpaired) electrons. The fourth-order valence-electron chi connectivity index (χ4n) is 1.62. The summed E-state index contributed by atoms with van der Waals surface area (Å²) in [6.07, 6.45) is 1.73. The molecule has 3 heteroatoms. The average Bonchev–Trinajstić information content (AvgIpc) is 2.34. The third kappa shape index (κ3) is 3.10. The van der Waals surface area contributed by atoms with E-state index in [-0.39, 0.29) is 0 Å². The van der Waals surface area contributed by atoms with Crippen LogP contribution in [-0.2, 0) is 0 Å². The molecule has 0 aliphatic rings. The van der Waals surface area contributed by atoms with Gasteiger partial charge in [-0.05, 0) is 52.0 Å². The largest absolute Gasteiger partial charge is 0.439 e. The van der Waals surface area contributed by atoms with Gasteiger partial charge in [0.25, 0.3) is 0 Å². The van der Waals surface area contributed by atoms with Crippen LogP contribution >= 0.6 is 15.9 Å². The summed E-state index contributed by atoms with van der Waals surface area (Å²) in [5, 5.41) is 0. The van der Waals surface area contributed by atoms with Crippen molar-refractivity contribution in [3.63, 3.8) is 0 Å². The summed E-state index contributed by atoms with van der Waals surface area (Å²) in [7, 11) is 0. The van der Waals surface area contributed by atoms with Gasteiger partial charge in [0.15, 0.2) is 0 Å². The molecule has 0 atom stereocenters. The Morgan fingerprint density at radius 3 is 2.56 bits per heavy atom. The molecule has 2 aromatic rings. The lowest BCUT2D eigenvalue weighted by molar-refractivity contribution is 0.458. The standard InChI is InChI=1S/C15H16BrNO/c1-10(2)12-5-4-11(3)14(8-12)18-15-7-6-13(16)9-17-15/h4-10H,1-3H3. The van der Waals surface area contributed by atoms with Crippen molar-refractivity contribution in [3.05, 3.63) is 52.1 Å². The molecule has 0 unspecified atom stereocenters. The first-order valence-electron chi connectivity index (χ1n) is 5.96. The fourth-order valence-corrected chi connectivity index (χ4v) is 1.86. The Hall–Kier alpha value is -1.35. The maximum atomic E-state index is 5.82. The van der Waals surface area contributed by atoms with Gasteiger partial charge in [-0.1, -0.05) is 26.0 Å². The highest BCUT2D eigenvalue weighted by Gasteiger charge is 2.06. The Bertz CT molecular complexity index is 535. The predicted octanol–water partition coefficient (Wildman–Crippen LogP) is 5.07. The zero-order valence-electron chi connectivity index (χ0n) is 10.8. The number of rotatable bonds is 3. The quantitative estimate of drug-likeness (QED) is 0.790. The first-order valence-corrected chi connectivity index (χ1v) is 6.75. The predicted molar refractivity (Wildman–Crippen MR) is 77.3 cm³/mol. The number of pyridine rings is 1. The Balaban J connectivity index is 2.27. The van der Waals surface area contributed by atoms with Crippen LogP contribution in [0.4, 0.5) is 0 Å². The average molecular weight is 306 g/mol. The van der Waals surface area contributed by atoms with E-state index >= 15 is 0 Å². The van der Waals surface area contributed by atoms with Crippen molar-refractivity contribution in [2.24, 2.45) is 0 Å². The van der Waals surface area contributed by atoms with E-state index in [1.807, 2.05) is 19.1 Å². The fraction of sp³-hybridized carbons (Fsp3) is 0.267. The first kappa shape index (κ1) is 13.1. The highest BCUT2D eigenvalue weighted by atomic mass is 79.9. The molecule has 0 amide bonds. The van der Waals surface area contributed by atoms with Crippen LogP contribution in [0, 0.1) is 6.92 Å². The summed E-state index contributed by atoms with van der Waals surface area (Å²) in [4.78, 5) is 4.22. The Labute approximate surface area is 116 Å². The molecule has 0 saturated heterocycles. The maximum absolute atomic E-state index is 5.82. The van der Waals surface area contributed by atoms with Gasteiger partial charge < -0.3 is 4.74 Å². The topological polar surface area (TPSA) is 22.1 Å². The molecular weight excluding hydrogens is 290 g/mol. The molecule has 18 heavy (non-hydrogen) atoms. The van der Waals surface area contributed by atoms with Gasteiger partial charge in [0.05, 0.1) is 0 Å². The molecule has 2 rings (SSSR count). The zero-order chi connectivity index (χ0) is 13.1. The monoisotopic (exact) mass is 305 g/mol. The van der Waals surface area contributed by atoms with Gasteiger partial charge in [0.1, 0.15) is 5.75 Å². The van der Waals surface area contributed by atoms with Crippen LogP contribution in [0.3, 0.4) is 0 Å². The maximum Gasteiger partial charge on any atom is 0.219 e. The van der Waals surface area contributed by atoms with Crippen LogP contribution in [0.15, 0.2) is 41.0 Å². The summed E-state index contributed by atoms with van der Waals surface area (Å²) >= 11 is 3.36. The molecule has 1 heterocycles. The van der Waals surface area contributed by atoms with E-state index in [2.05, 4.69) is 53.0 Å². The second kappa shape index (κ2) is 5.53. The molecule has 94 valence electrons. The molecule has 0 fully saturated rings. The lowest BCUT2D eigenvalue weighted by Crippen LogP contribution is -1.93. The second-order valence-electron chi connectivity index (χ2n) is 4.60. The smallest absolute Gasteiger partial charge is 0.219 e. The third-order valence-corrected chi connectivity index (χ3v) is 3.26. The van der Waals surface area contributed by atoms with E-state index in [4.69, 9.17) is 4.74 Å². The summed E-state index contributed by atoms with van der Waals surface area (Å²) in [6.45, 7) is 6.39. The van der Waals surface area contributed by atoms with Crippen LogP contribution in [0.1, 0.15) is 30.9 Å². The molecule has 0 aliphatic carbocycles. The molecule has 0 N–H and O–H groups in total. The normalized spacial score (nSPS) is 10.7. The summed E-state index contributed by atoms with van der Waals surface area (Å²) in [6, 6.07) is 10.1. The molecule has 0 saturated carbocycles. The van der Waals surface area contributed by atoms with Gasteiger partial charge in [-0.3, -0.25) is 0 Å². The molecule has 1 aromatic carbocycles.